The number of H-pyrrole nitrogens is 1. The van der Waals surface area contributed by atoms with E-state index in [4.69, 9.17) is 4.99 Å². The van der Waals surface area contributed by atoms with Gasteiger partial charge in [-0.15, -0.1) is 0 Å². The molecule has 190 valence electrons. The van der Waals surface area contributed by atoms with Crippen molar-refractivity contribution in [2.24, 2.45) is 4.99 Å². The zero-order valence-corrected chi connectivity index (χ0v) is 20.1. The van der Waals surface area contributed by atoms with Gasteiger partial charge in [0.1, 0.15) is 0 Å². The topological polar surface area (TPSA) is 59.6 Å². The van der Waals surface area contributed by atoms with E-state index in [9.17, 15) is 17.6 Å². The Bertz CT molecular complexity index is 1120. The van der Waals surface area contributed by atoms with Gasteiger partial charge in [-0.25, -0.2) is 0 Å². The smallest absolute Gasteiger partial charge is 0.379 e. The predicted molar refractivity (Wildman–Crippen MR) is 128 cm³/mol. The third-order valence-electron chi connectivity index (χ3n) is 7.58. The number of aromatic nitrogens is 2. The molecule has 2 N–H and O–H groups in total. The summed E-state index contributed by atoms with van der Waals surface area (Å²) in [6.45, 7) is 5.02. The fourth-order valence-corrected chi connectivity index (χ4v) is 5.85. The van der Waals surface area contributed by atoms with E-state index in [1.807, 2.05) is 26.0 Å². The monoisotopic (exact) mass is 492 g/mol. The third-order valence-corrected chi connectivity index (χ3v) is 7.58. The molecule has 0 aliphatic carbocycles. The number of hydrogen-bond donors (Lipinski definition) is 2. The number of alkyl halides is 4. The normalized spacial score (nSPS) is 28.1. The summed E-state index contributed by atoms with van der Waals surface area (Å²) in [5.41, 5.74) is 3.00. The Kier molecular flexibility index (Phi) is 6.37. The third kappa shape index (κ3) is 4.82. The van der Waals surface area contributed by atoms with E-state index < -0.39 is 24.3 Å². The van der Waals surface area contributed by atoms with Crippen molar-refractivity contribution in [3.8, 4) is 0 Å². The van der Waals surface area contributed by atoms with Gasteiger partial charge in [0.2, 0.25) is 0 Å². The Hall–Kier alpha value is -2.46. The van der Waals surface area contributed by atoms with E-state index in [1.165, 1.54) is 0 Å². The molecular formula is C25H32F4N6. The number of allylic oxidation sites excluding steroid dienone is 1. The molecule has 0 saturated carbocycles. The quantitative estimate of drug-likeness (QED) is 0.570. The van der Waals surface area contributed by atoms with Crippen molar-refractivity contribution in [2.75, 3.05) is 32.9 Å². The molecule has 1 saturated heterocycles. The molecule has 2 aromatic rings. The molecule has 0 radical (unpaired) electrons. The Morgan fingerprint density at radius 2 is 2.06 bits per heavy atom. The molecule has 10 heteroatoms. The predicted octanol–water partition coefficient (Wildman–Crippen LogP) is 4.16. The number of aliphatic imine (C=N–C) groups is 1. The maximum atomic E-state index is 13.7. The average Bonchev–Trinajstić information content (AvgIpc) is 3.25. The molecule has 35 heavy (non-hydrogen) atoms. The van der Waals surface area contributed by atoms with Crippen LogP contribution in [0.1, 0.15) is 43.9 Å². The van der Waals surface area contributed by atoms with Gasteiger partial charge in [0.15, 0.2) is 0 Å². The van der Waals surface area contributed by atoms with Crippen molar-refractivity contribution in [3.05, 3.63) is 41.2 Å². The van der Waals surface area contributed by atoms with Crippen LogP contribution in [0.3, 0.4) is 0 Å². The molecule has 4 heterocycles. The van der Waals surface area contributed by atoms with Crippen LogP contribution in [-0.2, 0) is 6.42 Å². The molecule has 5 rings (SSSR count). The molecule has 1 aromatic carbocycles. The van der Waals surface area contributed by atoms with Crippen molar-refractivity contribution < 1.29 is 17.6 Å². The van der Waals surface area contributed by atoms with E-state index in [0.717, 1.165) is 47.4 Å². The molecule has 1 unspecified atom stereocenters. The number of nitrogens with zero attached hydrogens (tertiary/aromatic N) is 4. The highest BCUT2D eigenvalue weighted by Gasteiger charge is 2.48. The molecular weight excluding hydrogens is 460 g/mol. The second-order valence-electron chi connectivity index (χ2n) is 10.3. The maximum Gasteiger partial charge on any atom is 0.401 e. The van der Waals surface area contributed by atoms with Gasteiger partial charge in [-0.05, 0) is 50.3 Å². The lowest BCUT2D eigenvalue weighted by atomic mass is 9.75. The first kappa shape index (κ1) is 24.2. The fourth-order valence-electron chi connectivity index (χ4n) is 5.85. The number of fused-ring (bicyclic) bond motifs is 3. The summed E-state index contributed by atoms with van der Waals surface area (Å²) in [5, 5.41) is 11.6. The highest BCUT2D eigenvalue weighted by Crippen LogP contribution is 2.47. The van der Waals surface area contributed by atoms with Crippen LogP contribution in [0.4, 0.5) is 17.6 Å². The largest absolute Gasteiger partial charge is 0.401 e. The first-order valence-electron chi connectivity index (χ1n) is 12.2. The molecule has 3 aliphatic heterocycles. The zero-order valence-electron chi connectivity index (χ0n) is 20.1. The molecule has 6 nitrogen and oxygen atoms in total. The van der Waals surface area contributed by atoms with E-state index in [-0.39, 0.29) is 18.8 Å². The SMILES string of the molecule is C[C@@H]1Cc2c(ccc3[nH]ncc23)[C@@H](C2(C)CC=C(NC3CN(CCCF)C3)C=N2)N1CC(F)(F)F. The number of benzene rings is 1. The minimum Gasteiger partial charge on any atom is -0.379 e. The Balaban J connectivity index is 1.39. The molecule has 0 amide bonds. The number of halogens is 4. The van der Waals surface area contributed by atoms with Gasteiger partial charge >= 0.3 is 6.18 Å². The van der Waals surface area contributed by atoms with Gasteiger partial charge in [-0.2, -0.15) is 18.3 Å². The number of dihydropyridines is 1. The summed E-state index contributed by atoms with van der Waals surface area (Å²) in [5.74, 6) is 0. The summed E-state index contributed by atoms with van der Waals surface area (Å²) >= 11 is 0. The number of hydrogen-bond acceptors (Lipinski definition) is 5. The lowest BCUT2D eigenvalue weighted by Crippen LogP contribution is -2.58. The van der Waals surface area contributed by atoms with Gasteiger partial charge in [0.05, 0.1) is 42.6 Å². The van der Waals surface area contributed by atoms with Crippen molar-refractivity contribution in [3.63, 3.8) is 0 Å². The lowest BCUT2D eigenvalue weighted by molar-refractivity contribution is -0.161. The Morgan fingerprint density at radius 3 is 2.74 bits per heavy atom. The van der Waals surface area contributed by atoms with Gasteiger partial charge in [-0.3, -0.25) is 24.3 Å². The van der Waals surface area contributed by atoms with Crippen LogP contribution < -0.4 is 5.32 Å². The average molecular weight is 493 g/mol. The van der Waals surface area contributed by atoms with Crippen molar-refractivity contribution in [1.29, 1.82) is 0 Å². The van der Waals surface area contributed by atoms with Gasteiger partial charge in [0.25, 0.3) is 0 Å². The summed E-state index contributed by atoms with van der Waals surface area (Å²) in [4.78, 5) is 8.65. The van der Waals surface area contributed by atoms with E-state index in [0.29, 0.717) is 19.3 Å². The number of nitrogens with one attached hydrogen (secondary N) is 2. The summed E-state index contributed by atoms with van der Waals surface area (Å²) in [7, 11) is 0. The van der Waals surface area contributed by atoms with Crippen molar-refractivity contribution >= 4 is 17.1 Å². The van der Waals surface area contributed by atoms with Gasteiger partial charge in [0, 0.05) is 43.0 Å². The van der Waals surface area contributed by atoms with Crippen LogP contribution in [0, 0.1) is 0 Å². The summed E-state index contributed by atoms with van der Waals surface area (Å²) in [6.07, 6.45) is 2.89. The van der Waals surface area contributed by atoms with Crippen molar-refractivity contribution in [2.45, 2.75) is 63.0 Å². The standard InChI is InChI=1S/C25H32F4N6/c1-16-10-20-19(4-5-22-21(20)12-31-33-22)23(35(16)15-25(27,28)29)24(2)7-6-17(11-30-24)32-18-13-34(14-18)9-3-8-26/h4-6,11-12,16,18,23,32H,3,7-10,13-15H2,1-2H3,(H,31,33)/t16-,23+,24?/m1/s1. The first-order chi connectivity index (χ1) is 16.7. The van der Waals surface area contributed by atoms with Crippen LogP contribution in [0.2, 0.25) is 0 Å². The second kappa shape index (κ2) is 9.20. The van der Waals surface area contributed by atoms with E-state index in [2.05, 4.69) is 26.5 Å². The summed E-state index contributed by atoms with van der Waals surface area (Å²) in [6, 6.07) is 3.31. The number of likely N-dealkylation sites (tertiary alicyclic amines) is 1. The van der Waals surface area contributed by atoms with Crippen LogP contribution in [-0.4, -0.2) is 82.9 Å². The zero-order chi connectivity index (χ0) is 24.8. The van der Waals surface area contributed by atoms with Gasteiger partial charge in [-0.1, -0.05) is 12.1 Å². The summed E-state index contributed by atoms with van der Waals surface area (Å²) < 4.78 is 53.4. The van der Waals surface area contributed by atoms with Crippen LogP contribution in [0.15, 0.2) is 35.1 Å². The molecule has 1 aromatic heterocycles. The minimum atomic E-state index is -4.31. The molecule has 3 aliphatic rings. The molecule has 0 spiro atoms. The van der Waals surface area contributed by atoms with Crippen LogP contribution in [0.25, 0.3) is 10.9 Å². The van der Waals surface area contributed by atoms with Gasteiger partial charge < -0.3 is 5.32 Å². The minimum absolute atomic E-state index is 0.281. The number of aromatic amines is 1. The van der Waals surface area contributed by atoms with E-state index in [1.54, 1.807) is 17.3 Å². The van der Waals surface area contributed by atoms with Crippen LogP contribution >= 0.6 is 0 Å². The van der Waals surface area contributed by atoms with Crippen LogP contribution in [0.5, 0.6) is 0 Å². The van der Waals surface area contributed by atoms with Crippen molar-refractivity contribution in [1.82, 2.24) is 25.3 Å². The first-order valence-corrected chi connectivity index (χ1v) is 12.2. The number of rotatable bonds is 7. The molecule has 3 atom stereocenters. The Morgan fingerprint density at radius 1 is 1.26 bits per heavy atom. The highest BCUT2D eigenvalue weighted by molar-refractivity contribution is 5.84. The lowest BCUT2D eigenvalue weighted by Gasteiger charge is -2.49. The Labute approximate surface area is 202 Å². The second-order valence-corrected chi connectivity index (χ2v) is 10.3. The fraction of sp³-hybridized carbons (Fsp3) is 0.600. The molecule has 0 bridgehead atoms. The highest BCUT2D eigenvalue weighted by atomic mass is 19.4. The van der Waals surface area contributed by atoms with E-state index >= 15 is 0 Å². The molecule has 1 fully saturated rings. The maximum absolute atomic E-state index is 13.7.